The lowest BCUT2D eigenvalue weighted by Gasteiger charge is -2.15. The Bertz CT molecular complexity index is 1100. The minimum Gasteiger partial charge on any atom is -0.493 e. The van der Waals surface area contributed by atoms with Gasteiger partial charge in [-0.05, 0) is 61.5 Å². The summed E-state index contributed by atoms with van der Waals surface area (Å²) in [4.78, 5) is 38.5. The van der Waals surface area contributed by atoms with Crippen molar-refractivity contribution in [1.82, 2.24) is 4.90 Å². The van der Waals surface area contributed by atoms with Crippen LogP contribution in [0.5, 0.6) is 11.5 Å². The molecule has 0 unspecified atom stereocenters. The van der Waals surface area contributed by atoms with Gasteiger partial charge in [0.2, 0.25) is 5.91 Å². The van der Waals surface area contributed by atoms with Crippen LogP contribution in [-0.4, -0.2) is 41.7 Å². The summed E-state index contributed by atoms with van der Waals surface area (Å²) >= 11 is 13.1. The van der Waals surface area contributed by atoms with E-state index in [1.165, 1.54) is 13.2 Å². The van der Waals surface area contributed by atoms with Crippen LogP contribution in [-0.2, 0) is 9.59 Å². The van der Waals surface area contributed by atoms with Gasteiger partial charge in [0.05, 0.1) is 33.9 Å². The van der Waals surface area contributed by atoms with Gasteiger partial charge in [0, 0.05) is 0 Å². The zero-order chi connectivity index (χ0) is 23.4. The Hall–Kier alpha value is -2.68. The predicted molar refractivity (Wildman–Crippen MR) is 127 cm³/mol. The summed E-state index contributed by atoms with van der Waals surface area (Å²) in [5, 5.41) is 2.71. The van der Waals surface area contributed by atoms with Crippen molar-refractivity contribution in [3.8, 4) is 11.5 Å². The number of anilines is 1. The van der Waals surface area contributed by atoms with E-state index in [4.69, 9.17) is 32.7 Å². The molecule has 32 heavy (non-hydrogen) atoms. The van der Waals surface area contributed by atoms with E-state index in [1.54, 1.807) is 36.4 Å². The Morgan fingerprint density at radius 2 is 1.91 bits per heavy atom. The van der Waals surface area contributed by atoms with Gasteiger partial charge in [-0.2, -0.15) is 0 Å². The van der Waals surface area contributed by atoms with Crippen LogP contribution in [0.2, 0.25) is 10.0 Å². The van der Waals surface area contributed by atoms with E-state index in [-0.39, 0.29) is 11.0 Å². The minimum absolute atomic E-state index is 0.110. The predicted octanol–water partition coefficient (Wildman–Crippen LogP) is 5.46. The van der Waals surface area contributed by atoms with Crippen molar-refractivity contribution < 1.29 is 23.9 Å². The molecule has 0 spiro atoms. The fourth-order valence-corrected chi connectivity index (χ4v) is 4.14. The third-order valence-corrected chi connectivity index (χ3v) is 5.74. The number of ether oxygens (including phenoxy) is 2. The number of methoxy groups -OCH3 is 1. The van der Waals surface area contributed by atoms with Crippen LogP contribution in [0.4, 0.5) is 10.5 Å². The monoisotopic (exact) mass is 494 g/mol. The van der Waals surface area contributed by atoms with Crippen LogP contribution >= 0.6 is 35.0 Å². The smallest absolute Gasteiger partial charge is 0.294 e. The van der Waals surface area contributed by atoms with Gasteiger partial charge >= 0.3 is 0 Å². The van der Waals surface area contributed by atoms with Gasteiger partial charge < -0.3 is 14.8 Å². The highest BCUT2D eigenvalue weighted by Crippen LogP contribution is 2.39. The van der Waals surface area contributed by atoms with E-state index in [2.05, 4.69) is 5.32 Å². The molecule has 168 valence electrons. The van der Waals surface area contributed by atoms with Gasteiger partial charge in [-0.15, -0.1) is 0 Å². The van der Waals surface area contributed by atoms with Crippen molar-refractivity contribution in [1.29, 1.82) is 0 Å². The molecule has 0 radical (unpaired) electrons. The van der Waals surface area contributed by atoms with Crippen molar-refractivity contribution in [3.05, 3.63) is 56.9 Å². The fourth-order valence-electron chi connectivity index (χ4n) is 2.86. The summed E-state index contributed by atoms with van der Waals surface area (Å²) in [5.74, 6) is -0.324. The van der Waals surface area contributed by atoms with Gasteiger partial charge in [0.15, 0.2) is 11.5 Å². The van der Waals surface area contributed by atoms with E-state index >= 15 is 0 Å². The van der Waals surface area contributed by atoms with Gasteiger partial charge in [-0.1, -0.05) is 35.3 Å². The first kappa shape index (κ1) is 24.0. The topological polar surface area (TPSA) is 84.9 Å². The first-order chi connectivity index (χ1) is 15.2. The molecule has 1 heterocycles. The maximum Gasteiger partial charge on any atom is 0.294 e. The summed E-state index contributed by atoms with van der Waals surface area (Å²) in [6.07, 6.45) is 1.41. The van der Waals surface area contributed by atoms with Crippen LogP contribution in [0.1, 0.15) is 19.4 Å². The van der Waals surface area contributed by atoms with Crippen molar-refractivity contribution in [2.45, 2.75) is 20.0 Å². The summed E-state index contributed by atoms with van der Waals surface area (Å²) in [5.41, 5.74) is 0.945. The van der Waals surface area contributed by atoms with Crippen molar-refractivity contribution in [2.24, 2.45) is 0 Å². The molecular formula is C22H20Cl2N2O5S. The third-order valence-electron chi connectivity index (χ3n) is 4.23. The average Bonchev–Trinajstić information content (AvgIpc) is 2.98. The van der Waals surface area contributed by atoms with Gasteiger partial charge in [-0.3, -0.25) is 19.3 Å². The Morgan fingerprint density at radius 1 is 1.19 bits per heavy atom. The van der Waals surface area contributed by atoms with Crippen molar-refractivity contribution >= 4 is 63.8 Å². The molecule has 0 saturated carbocycles. The van der Waals surface area contributed by atoms with E-state index in [0.717, 1.165) is 16.7 Å². The van der Waals surface area contributed by atoms with Gasteiger partial charge in [0.25, 0.3) is 11.1 Å². The maximum absolute atomic E-state index is 12.7. The lowest BCUT2D eigenvalue weighted by Crippen LogP contribution is -2.36. The zero-order valence-corrected chi connectivity index (χ0v) is 19.8. The zero-order valence-electron chi connectivity index (χ0n) is 17.5. The number of amides is 3. The Balaban J connectivity index is 1.77. The van der Waals surface area contributed by atoms with Gasteiger partial charge in [-0.25, -0.2) is 0 Å². The fraction of sp³-hybridized carbons (Fsp3) is 0.227. The molecule has 1 aliphatic heterocycles. The quantitative estimate of drug-likeness (QED) is 0.514. The SMILES string of the molecule is COc1cc(/C=C2/SC(=O)N(CC(=O)Nc3ccccc3Cl)C2=O)cc(Cl)c1OC(C)C. The Labute approximate surface area is 199 Å². The summed E-state index contributed by atoms with van der Waals surface area (Å²) < 4.78 is 11.0. The molecule has 1 N–H and O–H groups in total. The van der Waals surface area contributed by atoms with E-state index in [0.29, 0.717) is 32.8 Å². The van der Waals surface area contributed by atoms with Gasteiger partial charge in [0.1, 0.15) is 6.54 Å². The third kappa shape index (κ3) is 5.56. The summed E-state index contributed by atoms with van der Waals surface area (Å²) in [6.45, 7) is 3.29. The number of benzene rings is 2. The van der Waals surface area contributed by atoms with Crippen LogP contribution in [0.25, 0.3) is 6.08 Å². The molecule has 0 atom stereocenters. The number of nitrogens with zero attached hydrogens (tertiary/aromatic N) is 1. The number of halogens is 2. The molecule has 3 amide bonds. The number of rotatable bonds is 7. The van der Waals surface area contributed by atoms with Crippen molar-refractivity contribution in [2.75, 3.05) is 19.0 Å². The van der Waals surface area contributed by atoms with E-state index in [1.807, 2.05) is 13.8 Å². The molecule has 2 aromatic carbocycles. The standard InChI is InChI=1S/C22H20Cl2N2O5S/c1-12(2)31-20-15(24)8-13(9-17(20)30-3)10-18-21(28)26(22(29)32-18)11-19(27)25-16-7-5-4-6-14(16)23/h4-10,12H,11H2,1-3H3,(H,25,27)/b18-10+. The number of carbonyl (C=O) groups excluding carboxylic acids is 3. The Kier molecular flexibility index (Phi) is 7.71. The maximum atomic E-state index is 12.7. The second kappa shape index (κ2) is 10.3. The number of carbonyl (C=O) groups is 3. The van der Waals surface area contributed by atoms with E-state index in [9.17, 15) is 14.4 Å². The van der Waals surface area contributed by atoms with Crippen LogP contribution < -0.4 is 14.8 Å². The number of nitrogens with one attached hydrogen (secondary N) is 1. The molecule has 10 heteroatoms. The molecule has 0 aromatic heterocycles. The first-order valence-corrected chi connectivity index (χ1v) is 11.1. The number of imide groups is 1. The minimum atomic E-state index is -0.577. The molecule has 1 fully saturated rings. The molecule has 1 saturated heterocycles. The number of thioether (sulfide) groups is 1. The molecule has 3 rings (SSSR count). The number of hydrogen-bond donors (Lipinski definition) is 1. The largest absolute Gasteiger partial charge is 0.493 e. The Morgan fingerprint density at radius 3 is 2.56 bits per heavy atom. The lowest BCUT2D eigenvalue weighted by atomic mass is 10.1. The summed E-state index contributed by atoms with van der Waals surface area (Å²) in [7, 11) is 1.48. The van der Waals surface area contributed by atoms with Crippen LogP contribution in [0.15, 0.2) is 41.3 Å². The first-order valence-electron chi connectivity index (χ1n) is 9.53. The highest BCUT2D eigenvalue weighted by molar-refractivity contribution is 8.18. The van der Waals surface area contributed by atoms with Crippen LogP contribution in [0.3, 0.4) is 0 Å². The summed E-state index contributed by atoms with van der Waals surface area (Å²) in [6, 6.07) is 9.94. The lowest BCUT2D eigenvalue weighted by molar-refractivity contribution is -0.127. The second-order valence-corrected chi connectivity index (χ2v) is 8.80. The highest BCUT2D eigenvalue weighted by Gasteiger charge is 2.36. The normalized spacial score (nSPS) is 14.9. The van der Waals surface area contributed by atoms with E-state index < -0.39 is 23.6 Å². The number of para-hydroxylation sites is 1. The van der Waals surface area contributed by atoms with Crippen molar-refractivity contribution in [3.63, 3.8) is 0 Å². The molecule has 1 aliphatic rings. The highest BCUT2D eigenvalue weighted by atomic mass is 35.5. The molecule has 0 aliphatic carbocycles. The molecule has 7 nitrogen and oxygen atoms in total. The average molecular weight is 495 g/mol. The second-order valence-electron chi connectivity index (χ2n) is 7.00. The number of hydrogen-bond acceptors (Lipinski definition) is 6. The van der Waals surface area contributed by atoms with Crippen LogP contribution in [0, 0.1) is 0 Å². The molecular weight excluding hydrogens is 475 g/mol. The molecule has 2 aromatic rings. The molecule has 0 bridgehead atoms.